The van der Waals surface area contributed by atoms with E-state index in [9.17, 15) is 9.59 Å². The average Bonchev–Trinajstić information content (AvgIpc) is 3.26. The Bertz CT molecular complexity index is 665. The molecule has 2 amide bonds. The number of hydrogen-bond donors (Lipinski definition) is 1. The molecule has 8 heteroatoms. The van der Waals surface area contributed by atoms with Gasteiger partial charge >= 0.3 is 0 Å². The van der Waals surface area contributed by atoms with E-state index in [2.05, 4.69) is 5.32 Å². The summed E-state index contributed by atoms with van der Waals surface area (Å²) in [7, 11) is 0. The number of halogens is 2. The van der Waals surface area contributed by atoms with Gasteiger partial charge in [0.25, 0.3) is 0 Å². The highest BCUT2D eigenvalue weighted by Crippen LogP contribution is 2.31. The van der Waals surface area contributed by atoms with Crippen molar-refractivity contribution in [2.45, 2.75) is 25.4 Å². The zero-order chi connectivity index (χ0) is 18.5. The lowest BCUT2D eigenvalue weighted by Crippen LogP contribution is -2.38. The lowest BCUT2D eigenvalue weighted by atomic mass is 10.1. The first-order valence-electron chi connectivity index (χ1n) is 8.80. The molecule has 2 aliphatic heterocycles. The normalized spacial score (nSPS) is 22.8. The quantitative estimate of drug-likeness (QED) is 0.564. The molecule has 1 aromatic carbocycles. The Labute approximate surface area is 162 Å². The minimum Gasteiger partial charge on any atom is -0.377 e. The van der Waals surface area contributed by atoms with E-state index in [1.165, 1.54) is 0 Å². The number of rotatable bonds is 7. The molecule has 2 unspecified atom stereocenters. The zero-order valence-electron chi connectivity index (χ0n) is 14.4. The topological polar surface area (TPSA) is 67.9 Å². The third-order valence-corrected chi connectivity index (χ3v) is 5.35. The van der Waals surface area contributed by atoms with Crippen molar-refractivity contribution in [2.24, 2.45) is 5.92 Å². The van der Waals surface area contributed by atoms with E-state index in [0.29, 0.717) is 48.5 Å². The summed E-state index contributed by atoms with van der Waals surface area (Å²) < 4.78 is 11.0. The number of nitrogens with one attached hydrogen (secondary N) is 1. The summed E-state index contributed by atoms with van der Waals surface area (Å²) in [5.74, 6) is -1.16. The number of anilines is 1. The molecule has 0 saturated carbocycles. The molecule has 0 aliphatic carbocycles. The van der Waals surface area contributed by atoms with Gasteiger partial charge in [-0.25, -0.2) is 0 Å². The molecule has 0 aromatic heterocycles. The molecule has 142 valence electrons. The molecule has 2 fully saturated rings. The number of carbonyl (C=O) groups is 2. The summed E-state index contributed by atoms with van der Waals surface area (Å²) >= 11 is 11.9. The highest BCUT2D eigenvalue weighted by atomic mass is 35.5. The first-order chi connectivity index (χ1) is 12.6. The Kier molecular flexibility index (Phi) is 6.75. The van der Waals surface area contributed by atoms with E-state index in [4.69, 9.17) is 32.7 Å². The van der Waals surface area contributed by atoms with Crippen LogP contribution in [0.15, 0.2) is 18.2 Å². The summed E-state index contributed by atoms with van der Waals surface area (Å²) in [5.41, 5.74) is 0.652. The Balaban J connectivity index is 1.43. The lowest BCUT2D eigenvalue weighted by Gasteiger charge is -2.17. The summed E-state index contributed by atoms with van der Waals surface area (Å²) in [4.78, 5) is 26.4. The van der Waals surface area contributed by atoms with Gasteiger partial charge < -0.3 is 19.7 Å². The summed E-state index contributed by atoms with van der Waals surface area (Å²) in [6.07, 6.45) is 2.74. The van der Waals surface area contributed by atoms with Gasteiger partial charge in [0.1, 0.15) is 5.92 Å². The fourth-order valence-electron chi connectivity index (χ4n) is 3.19. The Morgan fingerprint density at radius 1 is 1.31 bits per heavy atom. The highest BCUT2D eigenvalue weighted by Gasteiger charge is 2.37. The SMILES string of the molecule is O=C(NCCOCC1CCCO1)C1CCN(c2ccc(Cl)c(Cl)c2)C1=O. The third-order valence-electron chi connectivity index (χ3n) is 4.61. The molecule has 2 saturated heterocycles. The Morgan fingerprint density at radius 2 is 2.15 bits per heavy atom. The molecule has 1 aromatic rings. The maximum atomic E-state index is 12.5. The first kappa shape index (κ1) is 19.4. The molecule has 1 N–H and O–H groups in total. The van der Waals surface area contributed by atoms with Gasteiger partial charge in [-0.1, -0.05) is 23.2 Å². The predicted octanol–water partition coefficient (Wildman–Crippen LogP) is 2.66. The summed E-state index contributed by atoms with van der Waals surface area (Å²) in [5, 5.41) is 3.59. The fourth-order valence-corrected chi connectivity index (χ4v) is 3.48. The van der Waals surface area contributed by atoms with Crippen LogP contribution in [0, 0.1) is 5.92 Å². The van der Waals surface area contributed by atoms with Crippen LogP contribution in [-0.4, -0.2) is 50.8 Å². The molecule has 2 atom stereocenters. The maximum absolute atomic E-state index is 12.5. The number of hydrogen-bond acceptors (Lipinski definition) is 4. The number of ether oxygens (including phenoxy) is 2. The van der Waals surface area contributed by atoms with Gasteiger partial charge in [-0.2, -0.15) is 0 Å². The molecule has 0 spiro atoms. The van der Waals surface area contributed by atoms with E-state index in [-0.39, 0.29) is 17.9 Å². The van der Waals surface area contributed by atoms with Gasteiger partial charge in [0.2, 0.25) is 11.8 Å². The Hall–Kier alpha value is -1.34. The van der Waals surface area contributed by atoms with Crippen molar-refractivity contribution in [3.8, 4) is 0 Å². The van der Waals surface area contributed by atoms with Crippen molar-refractivity contribution in [3.63, 3.8) is 0 Å². The molecule has 0 radical (unpaired) electrons. The van der Waals surface area contributed by atoms with E-state index in [0.717, 1.165) is 19.4 Å². The van der Waals surface area contributed by atoms with Crippen LogP contribution in [0.2, 0.25) is 10.0 Å². The van der Waals surface area contributed by atoms with Crippen molar-refractivity contribution in [1.82, 2.24) is 5.32 Å². The molecule has 6 nitrogen and oxygen atoms in total. The minimum atomic E-state index is -0.678. The molecular weight excluding hydrogens is 379 g/mol. The van der Waals surface area contributed by atoms with Gasteiger partial charge in [-0.15, -0.1) is 0 Å². The van der Waals surface area contributed by atoms with Crippen molar-refractivity contribution in [3.05, 3.63) is 28.2 Å². The van der Waals surface area contributed by atoms with Crippen LogP contribution >= 0.6 is 23.2 Å². The smallest absolute Gasteiger partial charge is 0.239 e. The van der Waals surface area contributed by atoms with Gasteiger partial charge in [0.15, 0.2) is 0 Å². The first-order valence-corrected chi connectivity index (χ1v) is 9.55. The summed E-state index contributed by atoms with van der Waals surface area (Å²) in [6.45, 7) is 2.60. The van der Waals surface area contributed by atoms with E-state index < -0.39 is 5.92 Å². The predicted molar refractivity (Wildman–Crippen MR) is 99.7 cm³/mol. The largest absolute Gasteiger partial charge is 0.377 e. The second-order valence-electron chi connectivity index (χ2n) is 6.43. The number of nitrogens with zero attached hydrogens (tertiary/aromatic N) is 1. The van der Waals surface area contributed by atoms with E-state index in [1.807, 2.05) is 0 Å². The van der Waals surface area contributed by atoms with Crippen LogP contribution < -0.4 is 10.2 Å². The van der Waals surface area contributed by atoms with Crippen LogP contribution in [0.3, 0.4) is 0 Å². The molecule has 26 heavy (non-hydrogen) atoms. The van der Waals surface area contributed by atoms with Crippen molar-refractivity contribution in [1.29, 1.82) is 0 Å². The van der Waals surface area contributed by atoms with Crippen molar-refractivity contribution < 1.29 is 19.1 Å². The lowest BCUT2D eigenvalue weighted by molar-refractivity contribution is -0.132. The van der Waals surface area contributed by atoms with Crippen LogP contribution in [0.5, 0.6) is 0 Å². The van der Waals surface area contributed by atoms with Crippen molar-refractivity contribution in [2.75, 3.05) is 37.8 Å². The maximum Gasteiger partial charge on any atom is 0.239 e. The number of amides is 2. The molecule has 2 aliphatic rings. The third kappa shape index (κ3) is 4.68. The molecule has 2 heterocycles. The van der Waals surface area contributed by atoms with Gasteiger partial charge in [0.05, 0.1) is 29.4 Å². The van der Waals surface area contributed by atoms with Crippen LogP contribution in [-0.2, 0) is 19.1 Å². The molecule has 0 bridgehead atoms. The van der Waals surface area contributed by atoms with Gasteiger partial charge in [0, 0.05) is 25.4 Å². The van der Waals surface area contributed by atoms with Gasteiger partial charge in [-0.05, 0) is 37.5 Å². The van der Waals surface area contributed by atoms with Crippen molar-refractivity contribution >= 4 is 40.7 Å². The fraction of sp³-hybridized carbons (Fsp3) is 0.556. The number of benzene rings is 1. The second-order valence-corrected chi connectivity index (χ2v) is 7.24. The molecular formula is C18H22Cl2N2O4. The highest BCUT2D eigenvalue weighted by molar-refractivity contribution is 6.42. The van der Waals surface area contributed by atoms with E-state index >= 15 is 0 Å². The van der Waals surface area contributed by atoms with Crippen LogP contribution in [0.25, 0.3) is 0 Å². The second kappa shape index (κ2) is 9.04. The van der Waals surface area contributed by atoms with Crippen LogP contribution in [0.4, 0.5) is 5.69 Å². The average molecular weight is 401 g/mol. The standard InChI is InChI=1S/C18H22Cl2N2O4/c19-15-4-3-12(10-16(15)20)22-7-5-14(18(22)24)17(23)21-6-9-25-11-13-2-1-8-26-13/h3-4,10,13-14H,1-2,5-9,11H2,(H,21,23). The van der Waals surface area contributed by atoms with Crippen LogP contribution in [0.1, 0.15) is 19.3 Å². The Morgan fingerprint density at radius 3 is 2.88 bits per heavy atom. The van der Waals surface area contributed by atoms with Gasteiger partial charge in [-0.3, -0.25) is 9.59 Å². The zero-order valence-corrected chi connectivity index (χ0v) is 15.9. The monoisotopic (exact) mass is 400 g/mol. The van der Waals surface area contributed by atoms with E-state index in [1.54, 1.807) is 23.1 Å². The molecule has 3 rings (SSSR count). The summed E-state index contributed by atoms with van der Waals surface area (Å²) in [6, 6.07) is 5.01. The minimum absolute atomic E-state index is 0.168. The number of carbonyl (C=O) groups excluding carboxylic acids is 2.